The quantitative estimate of drug-likeness (QED) is 0.165. The Morgan fingerprint density at radius 1 is 0.514 bits per heavy atom. The minimum absolute atomic E-state index is 0.00487. The Hall–Kier alpha value is -7.02. The molecule has 0 atom stereocenters. The zero-order valence-corrected chi connectivity index (χ0v) is 43.9. The van der Waals surface area contributed by atoms with Crippen LogP contribution >= 0.6 is 11.3 Å². The number of hydrogen-bond acceptors (Lipinski definition) is 5. The Morgan fingerprint density at radius 3 is 1.83 bits per heavy atom. The second kappa shape index (κ2) is 14.8. The fraction of sp³-hybridized carbons (Fsp3) is 0.242. The lowest BCUT2D eigenvalue weighted by Crippen LogP contribution is -2.60. The van der Waals surface area contributed by atoms with E-state index in [0.717, 1.165) is 79.2 Å². The molecule has 0 amide bonds. The lowest BCUT2D eigenvalue weighted by Gasteiger charge is -2.45. The molecule has 5 heterocycles. The van der Waals surface area contributed by atoms with Crippen molar-refractivity contribution in [3.63, 3.8) is 0 Å². The van der Waals surface area contributed by atoms with Gasteiger partial charge in [0.15, 0.2) is 0 Å². The van der Waals surface area contributed by atoms with Crippen LogP contribution in [0.1, 0.15) is 104 Å². The van der Waals surface area contributed by atoms with Gasteiger partial charge in [0, 0.05) is 76.2 Å². The van der Waals surface area contributed by atoms with Crippen molar-refractivity contribution in [2.24, 2.45) is 0 Å². The Morgan fingerprint density at radius 2 is 1.14 bits per heavy atom. The predicted octanol–water partition coefficient (Wildman–Crippen LogP) is 18.0. The third-order valence-electron chi connectivity index (χ3n) is 16.8. The van der Waals surface area contributed by atoms with E-state index in [9.17, 15) is 0 Å². The molecule has 3 aliphatic rings. The minimum Gasteiger partial charge on any atom is -0.456 e. The number of furan rings is 2. The number of thiophene rings is 1. The van der Waals surface area contributed by atoms with Crippen molar-refractivity contribution in [1.82, 2.24) is 0 Å². The van der Waals surface area contributed by atoms with Crippen molar-refractivity contribution in [3.05, 3.63) is 174 Å². The van der Waals surface area contributed by atoms with Crippen LogP contribution in [0, 0.1) is 0 Å². The second-order valence-corrected chi connectivity index (χ2v) is 25.4. The predicted molar refractivity (Wildman–Crippen MR) is 308 cm³/mol. The molecule has 6 heteroatoms. The first kappa shape index (κ1) is 43.7. The molecule has 0 saturated heterocycles. The molecule has 4 nitrogen and oxygen atoms in total. The van der Waals surface area contributed by atoms with Crippen LogP contribution < -0.4 is 20.0 Å². The maximum Gasteiger partial charge on any atom is 0.343 e. The van der Waals surface area contributed by atoms with E-state index in [1.807, 2.05) is 11.3 Å². The van der Waals surface area contributed by atoms with E-state index in [1.165, 1.54) is 70.8 Å². The summed E-state index contributed by atoms with van der Waals surface area (Å²) in [4.78, 5) is 5.33. The fourth-order valence-electron chi connectivity index (χ4n) is 12.7. The lowest BCUT2D eigenvalue weighted by atomic mass is 9.46. The molecule has 0 N–H and O–H groups in total. The molecule has 354 valence electrons. The van der Waals surface area contributed by atoms with Crippen molar-refractivity contribution < 1.29 is 8.83 Å². The number of fused-ring (bicyclic) bond motifs is 14. The highest BCUT2D eigenvalue weighted by molar-refractivity contribution is 7.32. The van der Waals surface area contributed by atoms with Crippen LogP contribution in [0.4, 0.5) is 28.4 Å². The fourth-order valence-corrected chi connectivity index (χ4v) is 14.0. The smallest absolute Gasteiger partial charge is 0.343 e. The molecule has 0 saturated carbocycles. The standard InChI is InChI=1S/C66H59BN2O2S/c1-63(2,3)39-24-27-41(28-25-39)69-52-37-56-45(42-20-14-16-22-54(42)70-56)33-47(52)58-59-53(35-46-43-21-15-17-23-55(43)71-61(46)58)68(51-29-26-40(64(4,5)6)32-44(51)38-18-12-11-13-19-38)60-48-34-49-50(36-57(48)72-62(60)67(59)69)66(9,10)31-30-65(49,7)8/h11-29,32-37H,30-31H2,1-10H3. The molecule has 0 spiro atoms. The molecule has 72 heavy (non-hydrogen) atoms. The maximum atomic E-state index is 7.25. The van der Waals surface area contributed by atoms with Crippen LogP contribution in [0.3, 0.4) is 0 Å². The van der Waals surface area contributed by atoms with E-state index in [2.05, 4.69) is 231 Å². The molecule has 0 fully saturated rings. The number of hydrogen-bond donors (Lipinski definition) is 0. The van der Waals surface area contributed by atoms with Crippen molar-refractivity contribution in [2.45, 2.75) is 104 Å². The minimum atomic E-state index is -0.210. The van der Waals surface area contributed by atoms with Crippen LogP contribution in [0.5, 0.6) is 0 Å². The summed E-state index contributed by atoms with van der Waals surface area (Å²) in [6.45, 7) is 23.5. The molecule has 11 aromatic rings. The SMILES string of the molecule is CC(C)(C)c1ccc(N2B3c4sc5cc6c(cc5c4N(c4ccc(C(C)(C)C)cc4-c4ccccc4)c4cc5c(oc7ccccc75)c(c43)-c3cc4c(cc32)oc2ccccc24)C(C)(C)CCC6(C)C)cc1. The van der Waals surface area contributed by atoms with Gasteiger partial charge in [-0.1, -0.05) is 154 Å². The molecule has 3 aromatic heterocycles. The van der Waals surface area contributed by atoms with E-state index < -0.39 is 0 Å². The Bertz CT molecular complexity index is 4080. The van der Waals surface area contributed by atoms with Gasteiger partial charge in [-0.2, -0.15) is 0 Å². The number of para-hydroxylation sites is 2. The van der Waals surface area contributed by atoms with Crippen LogP contribution in [-0.2, 0) is 21.7 Å². The Labute approximate surface area is 427 Å². The topological polar surface area (TPSA) is 32.8 Å². The van der Waals surface area contributed by atoms with Crippen LogP contribution in [0.15, 0.2) is 160 Å². The highest BCUT2D eigenvalue weighted by Gasteiger charge is 2.50. The summed E-state index contributed by atoms with van der Waals surface area (Å²) in [5.74, 6) is 0. The van der Waals surface area contributed by atoms with Crippen molar-refractivity contribution in [1.29, 1.82) is 0 Å². The molecule has 14 rings (SSSR count). The summed E-state index contributed by atoms with van der Waals surface area (Å²) >= 11 is 1.98. The lowest BCUT2D eigenvalue weighted by molar-refractivity contribution is 0.332. The monoisotopic (exact) mass is 954 g/mol. The summed E-state index contributed by atoms with van der Waals surface area (Å²) in [6.07, 6.45) is 2.30. The highest BCUT2D eigenvalue weighted by atomic mass is 32.1. The molecule has 2 aliphatic heterocycles. The Balaban J connectivity index is 1.19. The normalized spacial score (nSPS) is 15.9. The zero-order chi connectivity index (χ0) is 49.4. The van der Waals surface area contributed by atoms with Gasteiger partial charge in [0.2, 0.25) is 0 Å². The third kappa shape index (κ3) is 6.24. The molecule has 0 radical (unpaired) electrons. The van der Waals surface area contributed by atoms with Crippen molar-refractivity contribution in [3.8, 4) is 22.3 Å². The summed E-state index contributed by atoms with van der Waals surface area (Å²) in [5.41, 5.74) is 21.0. The van der Waals surface area contributed by atoms with E-state index in [0.29, 0.717) is 0 Å². The zero-order valence-electron chi connectivity index (χ0n) is 43.0. The van der Waals surface area contributed by atoms with Gasteiger partial charge < -0.3 is 18.5 Å². The summed E-state index contributed by atoms with van der Waals surface area (Å²) in [6, 6.07) is 57.3. The summed E-state index contributed by atoms with van der Waals surface area (Å²) in [5, 5.41) is 5.75. The molecule has 0 bridgehead atoms. The van der Waals surface area contributed by atoms with E-state index in [4.69, 9.17) is 8.83 Å². The van der Waals surface area contributed by atoms with Crippen LogP contribution in [0.2, 0.25) is 0 Å². The Kier molecular flexibility index (Phi) is 8.99. The van der Waals surface area contributed by atoms with Crippen molar-refractivity contribution >= 4 is 111 Å². The molecule has 1 aliphatic carbocycles. The second-order valence-electron chi connectivity index (χ2n) is 24.4. The van der Waals surface area contributed by atoms with Gasteiger partial charge >= 0.3 is 6.85 Å². The summed E-state index contributed by atoms with van der Waals surface area (Å²) < 4.78 is 16.7. The van der Waals surface area contributed by atoms with Crippen molar-refractivity contribution in [2.75, 3.05) is 9.71 Å². The summed E-state index contributed by atoms with van der Waals surface area (Å²) in [7, 11) is 0. The van der Waals surface area contributed by atoms with Crippen LogP contribution in [-0.4, -0.2) is 6.85 Å². The average Bonchev–Trinajstić information content (AvgIpc) is 4.05. The van der Waals surface area contributed by atoms with Gasteiger partial charge in [0.1, 0.15) is 22.3 Å². The van der Waals surface area contributed by atoms with Crippen LogP contribution in [0.25, 0.3) is 76.2 Å². The van der Waals surface area contributed by atoms with Gasteiger partial charge in [-0.25, -0.2) is 0 Å². The maximum absolute atomic E-state index is 7.25. The third-order valence-corrected chi connectivity index (χ3v) is 18.0. The molecule has 0 unspecified atom stereocenters. The first-order valence-electron chi connectivity index (χ1n) is 25.9. The molecular formula is C66H59BN2O2S. The van der Waals surface area contributed by atoms with Gasteiger partial charge in [-0.3, -0.25) is 0 Å². The number of nitrogens with zero attached hydrogens (tertiary/aromatic N) is 2. The van der Waals surface area contributed by atoms with E-state index >= 15 is 0 Å². The first-order valence-corrected chi connectivity index (χ1v) is 26.7. The number of rotatable bonds is 3. The van der Waals surface area contributed by atoms with Gasteiger partial charge in [-0.05, 0) is 128 Å². The highest BCUT2D eigenvalue weighted by Crippen LogP contribution is 2.57. The largest absolute Gasteiger partial charge is 0.456 e. The van der Waals surface area contributed by atoms with Gasteiger partial charge in [0.05, 0.1) is 11.4 Å². The van der Waals surface area contributed by atoms with E-state index in [-0.39, 0.29) is 28.5 Å². The van der Waals surface area contributed by atoms with E-state index in [1.54, 1.807) is 0 Å². The average molecular weight is 955 g/mol. The number of anilines is 5. The van der Waals surface area contributed by atoms with Gasteiger partial charge in [0.25, 0.3) is 0 Å². The van der Waals surface area contributed by atoms with Gasteiger partial charge in [-0.15, -0.1) is 11.3 Å². The molecule has 8 aromatic carbocycles. The first-order chi connectivity index (χ1) is 34.4. The number of benzene rings is 8. The molecular weight excluding hydrogens is 896 g/mol.